The fourth-order valence-electron chi connectivity index (χ4n) is 3.29. The number of rotatable bonds is 5. The van der Waals surface area contributed by atoms with Gasteiger partial charge in [-0.2, -0.15) is 0 Å². The van der Waals surface area contributed by atoms with Crippen molar-refractivity contribution in [3.05, 3.63) is 22.7 Å². The summed E-state index contributed by atoms with van der Waals surface area (Å²) in [4.78, 5) is 0. The fraction of sp³-hybridized carbons (Fsp3) is 0.625. The number of fused-ring (bicyclic) bond motifs is 1. The molecular formula is C16H22ClNO3. The molecule has 1 fully saturated rings. The number of halogens is 1. The summed E-state index contributed by atoms with van der Waals surface area (Å²) in [5.74, 6) is 1.35. The van der Waals surface area contributed by atoms with Gasteiger partial charge in [-0.25, -0.2) is 0 Å². The van der Waals surface area contributed by atoms with Gasteiger partial charge < -0.3 is 19.9 Å². The van der Waals surface area contributed by atoms with E-state index in [9.17, 15) is 5.11 Å². The maximum absolute atomic E-state index is 9.71. The molecule has 1 aromatic carbocycles. The third kappa shape index (κ3) is 3.28. The van der Waals surface area contributed by atoms with Crippen LogP contribution in [0.5, 0.6) is 11.5 Å². The van der Waals surface area contributed by atoms with E-state index in [0.717, 1.165) is 31.5 Å². The number of benzene rings is 1. The van der Waals surface area contributed by atoms with E-state index in [2.05, 4.69) is 5.32 Å². The van der Waals surface area contributed by atoms with E-state index < -0.39 is 0 Å². The van der Waals surface area contributed by atoms with Crippen LogP contribution in [0.2, 0.25) is 5.02 Å². The topological polar surface area (TPSA) is 50.7 Å². The standard InChI is InChI=1S/C16H22ClNO3/c17-13-6-12(7-14-15(13)21-11-20-14)8-18-9-16(10-19)4-2-1-3-5-16/h6-7,18-19H,1-5,8-11H2. The van der Waals surface area contributed by atoms with Crippen LogP contribution in [0.1, 0.15) is 37.7 Å². The molecule has 0 saturated heterocycles. The van der Waals surface area contributed by atoms with Crippen molar-refractivity contribution in [3.63, 3.8) is 0 Å². The molecule has 21 heavy (non-hydrogen) atoms. The normalized spacial score (nSPS) is 19.7. The summed E-state index contributed by atoms with van der Waals surface area (Å²) in [6, 6.07) is 3.88. The highest BCUT2D eigenvalue weighted by Crippen LogP contribution is 2.40. The van der Waals surface area contributed by atoms with E-state index >= 15 is 0 Å². The van der Waals surface area contributed by atoms with Gasteiger partial charge in [0, 0.05) is 25.1 Å². The van der Waals surface area contributed by atoms with Gasteiger partial charge in [0.05, 0.1) is 5.02 Å². The minimum atomic E-state index is 0.0540. The van der Waals surface area contributed by atoms with Crippen LogP contribution in [0, 0.1) is 5.41 Å². The predicted octanol–water partition coefficient (Wildman–Crippen LogP) is 3.10. The van der Waals surface area contributed by atoms with Crippen molar-refractivity contribution in [2.75, 3.05) is 19.9 Å². The molecular weight excluding hydrogens is 290 g/mol. The minimum Gasteiger partial charge on any atom is -0.454 e. The Hall–Kier alpha value is -0.970. The van der Waals surface area contributed by atoms with E-state index in [4.69, 9.17) is 21.1 Å². The van der Waals surface area contributed by atoms with Crippen LogP contribution < -0.4 is 14.8 Å². The number of nitrogens with one attached hydrogen (secondary N) is 1. The van der Waals surface area contributed by atoms with Gasteiger partial charge in [0.1, 0.15) is 0 Å². The summed E-state index contributed by atoms with van der Waals surface area (Å²) in [5.41, 5.74) is 1.13. The Morgan fingerprint density at radius 3 is 2.76 bits per heavy atom. The summed E-state index contributed by atoms with van der Waals surface area (Å²) in [6.07, 6.45) is 5.95. The monoisotopic (exact) mass is 311 g/mol. The smallest absolute Gasteiger partial charge is 0.231 e. The predicted molar refractivity (Wildman–Crippen MR) is 81.9 cm³/mol. The molecule has 1 heterocycles. The quantitative estimate of drug-likeness (QED) is 0.877. The first-order valence-corrected chi connectivity index (χ1v) is 8.00. The van der Waals surface area contributed by atoms with E-state index in [1.165, 1.54) is 19.3 Å². The average molecular weight is 312 g/mol. The van der Waals surface area contributed by atoms with Gasteiger partial charge in [0.25, 0.3) is 0 Å². The molecule has 2 aliphatic rings. The second-order valence-corrected chi connectivity index (χ2v) is 6.54. The molecule has 3 rings (SSSR count). The molecule has 0 bridgehead atoms. The first kappa shape index (κ1) is 14.9. The number of aliphatic hydroxyl groups is 1. The van der Waals surface area contributed by atoms with Gasteiger partial charge in [0.15, 0.2) is 11.5 Å². The molecule has 1 aliphatic heterocycles. The molecule has 0 spiro atoms. The second kappa shape index (κ2) is 6.42. The Morgan fingerprint density at radius 2 is 2.00 bits per heavy atom. The highest BCUT2D eigenvalue weighted by molar-refractivity contribution is 6.32. The van der Waals surface area contributed by atoms with Crippen LogP contribution in [0.4, 0.5) is 0 Å². The van der Waals surface area contributed by atoms with Crippen molar-refractivity contribution in [3.8, 4) is 11.5 Å². The summed E-state index contributed by atoms with van der Waals surface area (Å²) < 4.78 is 10.7. The molecule has 2 N–H and O–H groups in total. The molecule has 0 atom stereocenters. The Labute approximate surface area is 130 Å². The maximum atomic E-state index is 9.71. The van der Waals surface area contributed by atoms with Gasteiger partial charge in [-0.3, -0.25) is 0 Å². The van der Waals surface area contributed by atoms with Gasteiger partial charge in [-0.15, -0.1) is 0 Å². The van der Waals surface area contributed by atoms with Crippen molar-refractivity contribution in [2.45, 2.75) is 38.6 Å². The molecule has 116 valence electrons. The molecule has 0 aromatic heterocycles. The van der Waals surface area contributed by atoms with Crippen LogP contribution in [-0.2, 0) is 6.54 Å². The fourth-order valence-corrected chi connectivity index (χ4v) is 3.58. The first-order valence-electron chi connectivity index (χ1n) is 7.62. The van der Waals surface area contributed by atoms with E-state index in [1.54, 1.807) is 0 Å². The van der Waals surface area contributed by atoms with E-state index in [1.807, 2.05) is 12.1 Å². The van der Waals surface area contributed by atoms with Gasteiger partial charge in [-0.05, 0) is 30.5 Å². The number of hydrogen-bond donors (Lipinski definition) is 2. The molecule has 5 heteroatoms. The van der Waals surface area contributed by atoms with Gasteiger partial charge in [-0.1, -0.05) is 30.9 Å². The Bertz CT molecular complexity index is 501. The lowest BCUT2D eigenvalue weighted by Crippen LogP contribution is -2.38. The van der Waals surface area contributed by atoms with Crippen LogP contribution in [0.3, 0.4) is 0 Å². The van der Waals surface area contributed by atoms with Crippen LogP contribution >= 0.6 is 11.6 Å². The molecule has 1 aliphatic carbocycles. The number of ether oxygens (including phenoxy) is 2. The summed E-state index contributed by atoms with van der Waals surface area (Å²) in [5, 5.41) is 13.8. The molecule has 1 aromatic rings. The summed E-state index contributed by atoms with van der Waals surface area (Å²) in [6.45, 7) is 2.06. The van der Waals surface area contributed by atoms with Gasteiger partial charge >= 0.3 is 0 Å². The summed E-state index contributed by atoms with van der Waals surface area (Å²) in [7, 11) is 0. The lowest BCUT2D eigenvalue weighted by molar-refractivity contribution is 0.0810. The van der Waals surface area contributed by atoms with Crippen molar-refractivity contribution in [2.24, 2.45) is 5.41 Å². The Balaban J connectivity index is 1.59. The van der Waals surface area contributed by atoms with Crippen LogP contribution in [0.25, 0.3) is 0 Å². The third-order valence-electron chi connectivity index (χ3n) is 4.57. The SMILES string of the molecule is OCC1(CNCc2cc(Cl)c3c(c2)OCO3)CCCCC1. The third-order valence-corrected chi connectivity index (χ3v) is 4.85. The maximum Gasteiger partial charge on any atom is 0.231 e. The molecule has 0 amide bonds. The lowest BCUT2D eigenvalue weighted by atomic mass is 9.74. The van der Waals surface area contributed by atoms with Crippen LogP contribution in [0.15, 0.2) is 12.1 Å². The first-order chi connectivity index (χ1) is 10.2. The van der Waals surface area contributed by atoms with Crippen LogP contribution in [-0.4, -0.2) is 25.1 Å². The zero-order chi connectivity index (χ0) is 14.7. The van der Waals surface area contributed by atoms with Crippen molar-refractivity contribution >= 4 is 11.6 Å². The van der Waals surface area contributed by atoms with E-state index in [0.29, 0.717) is 16.5 Å². The Kier molecular flexibility index (Phi) is 4.57. The largest absolute Gasteiger partial charge is 0.454 e. The zero-order valence-corrected chi connectivity index (χ0v) is 12.9. The number of hydrogen-bond acceptors (Lipinski definition) is 4. The van der Waals surface area contributed by atoms with Gasteiger partial charge in [0.2, 0.25) is 6.79 Å². The zero-order valence-electron chi connectivity index (χ0n) is 12.2. The highest BCUT2D eigenvalue weighted by Gasteiger charge is 2.30. The van der Waals surface area contributed by atoms with Crippen molar-refractivity contribution in [1.29, 1.82) is 0 Å². The van der Waals surface area contributed by atoms with Crippen molar-refractivity contribution < 1.29 is 14.6 Å². The second-order valence-electron chi connectivity index (χ2n) is 6.13. The van der Waals surface area contributed by atoms with Crippen molar-refractivity contribution in [1.82, 2.24) is 5.32 Å². The minimum absolute atomic E-state index is 0.0540. The molecule has 4 nitrogen and oxygen atoms in total. The average Bonchev–Trinajstić information content (AvgIpc) is 2.97. The number of aliphatic hydroxyl groups excluding tert-OH is 1. The molecule has 0 unspecified atom stereocenters. The Morgan fingerprint density at radius 1 is 1.19 bits per heavy atom. The highest BCUT2D eigenvalue weighted by atomic mass is 35.5. The summed E-state index contributed by atoms with van der Waals surface area (Å²) >= 11 is 6.18. The molecule has 0 radical (unpaired) electrons. The lowest BCUT2D eigenvalue weighted by Gasteiger charge is -2.35. The van der Waals surface area contributed by atoms with E-state index in [-0.39, 0.29) is 18.8 Å². The molecule has 1 saturated carbocycles.